The molecule has 0 bridgehead atoms. The Morgan fingerprint density at radius 2 is 1.94 bits per heavy atom. The third kappa shape index (κ3) is 9.79. The van der Waals surface area contributed by atoms with E-state index in [9.17, 15) is 5.11 Å². The maximum absolute atomic E-state index is 9.72. The molecule has 2 atom stereocenters. The minimum Gasteiger partial charge on any atom is -0.396 e. The van der Waals surface area contributed by atoms with Gasteiger partial charge in [-0.05, 0) is 18.8 Å². The molecule has 0 aromatic carbocycles. The molecule has 0 aromatic heterocycles. The van der Waals surface area contributed by atoms with Gasteiger partial charge in [0, 0.05) is 26.8 Å². The number of hydrogen-bond donors (Lipinski definition) is 3. The second-order valence-electron chi connectivity index (χ2n) is 5.52. The van der Waals surface area contributed by atoms with Crippen LogP contribution in [-0.2, 0) is 9.47 Å². The zero-order valence-corrected chi connectivity index (χ0v) is 12.1. The molecule has 0 rings (SSSR count). The van der Waals surface area contributed by atoms with Crippen molar-refractivity contribution < 1.29 is 19.7 Å². The average Bonchev–Trinajstić information content (AvgIpc) is 2.26. The number of hydrogen-bond acceptors (Lipinski definition) is 5. The molecule has 0 fully saturated rings. The first kappa shape index (κ1) is 17.8. The van der Waals surface area contributed by atoms with E-state index < -0.39 is 6.10 Å². The van der Waals surface area contributed by atoms with Crippen LogP contribution in [0.4, 0.5) is 0 Å². The van der Waals surface area contributed by atoms with E-state index in [0.717, 1.165) is 13.0 Å². The number of ether oxygens (including phenoxy) is 2. The normalized spacial score (nSPS) is 15.7. The standard InChI is InChI=1S/C13H29NO4/c1-11(8-17-4)18-9-12(16)7-14-10-13(2,3)5-6-15/h11-12,14-16H,5-10H2,1-4H3. The van der Waals surface area contributed by atoms with E-state index in [4.69, 9.17) is 14.6 Å². The monoisotopic (exact) mass is 263 g/mol. The first-order chi connectivity index (χ1) is 8.41. The van der Waals surface area contributed by atoms with Gasteiger partial charge < -0.3 is 25.0 Å². The van der Waals surface area contributed by atoms with Gasteiger partial charge in [-0.2, -0.15) is 0 Å². The van der Waals surface area contributed by atoms with Gasteiger partial charge in [0.2, 0.25) is 0 Å². The summed E-state index contributed by atoms with van der Waals surface area (Å²) in [6.07, 6.45) is 0.224. The van der Waals surface area contributed by atoms with Crippen molar-refractivity contribution >= 4 is 0 Å². The third-order valence-electron chi connectivity index (χ3n) is 2.75. The van der Waals surface area contributed by atoms with Crippen LogP contribution in [0.2, 0.25) is 0 Å². The Hall–Kier alpha value is -0.200. The molecule has 0 radical (unpaired) electrons. The number of aliphatic hydroxyl groups is 2. The molecular formula is C13H29NO4. The Kier molecular flexibility index (Phi) is 9.59. The smallest absolute Gasteiger partial charge is 0.0897 e. The lowest BCUT2D eigenvalue weighted by Crippen LogP contribution is -2.37. The van der Waals surface area contributed by atoms with Gasteiger partial charge in [0.15, 0.2) is 0 Å². The van der Waals surface area contributed by atoms with Crippen LogP contribution in [-0.4, -0.2) is 62.4 Å². The molecule has 5 nitrogen and oxygen atoms in total. The van der Waals surface area contributed by atoms with E-state index in [1.54, 1.807) is 7.11 Å². The molecule has 0 spiro atoms. The van der Waals surface area contributed by atoms with Crippen LogP contribution in [0.3, 0.4) is 0 Å². The third-order valence-corrected chi connectivity index (χ3v) is 2.75. The maximum Gasteiger partial charge on any atom is 0.0897 e. The molecule has 0 aliphatic rings. The van der Waals surface area contributed by atoms with Crippen LogP contribution in [0.1, 0.15) is 27.2 Å². The van der Waals surface area contributed by atoms with E-state index >= 15 is 0 Å². The molecule has 5 heteroatoms. The van der Waals surface area contributed by atoms with Crippen LogP contribution in [0.25, 0.3) is 0 Å². The summed E-state index contributed by atoms with van der Waals surface area (Å²) in [5, 5.41) is 21.8. The molecule has 0 amide bonds. The highest BCUT2D eigenvalue weighted by Gasteiger charge is 2.17. The predicted molar refractivity (Wildman–Crippen MR) is 71.7 cm³/mol. The molecular weight excluding hydrogens is 234 g/mol. The lowest BCUT2D eigenvalue weighted by Gasteiger charge is -2.25. The summed E-state index contributed by atoms with van der Waals surface area (Å²) in [4.78, 5) is 0. The van der Waals surface area contributed by atoms with Crippen molar-refractivity contribution in [2.24, 2.45) is 5.41 Å². The van der Waals surface area contributed by atoms with Crippen LogP contribution in [0.5, 0.6) is 0 Å². The van der Waals surface area contributed by atoms with E-state index in [2.05, 4.69) is 19.2 Å². The summed E-state index contributed by atoms with van der Waals surface area (Å²) in [6.45, 7) is 8.36. The molecule has 2 unspecified atom stereocenters. The Bertz CT molecular complexity index is 199. The summed E-state index contributed by atoms with van der Waals surface area (Å²) in [5.41, 5.74) is 0.0403. The van der Waals surface area contributed by atoms with Gasteiger partial charge >= 0.3 is 0 Å². The molecule has 110 valence electrons. The molecule has 0 aliphatic carbocycles. The van der Waals surface area contributed by atoms with E-state index in [1.165, 1.54) is 0 Å². The summed E-state index contributed by atoms with van der Waals surface area (Å²) in [7, 11) is 1.63. The van der Waals surface area contributed by atoms with Crippen LogP contribution < -0.4 is 5.32 Å². The molecule has 0 aliphatic heterocycles. The van der Waals surface area contributed by atoms with Gasteiger partial charge in [-0.25, -0.2) is 0 Å². The predicted octanol–water partition coefficient (Wildman–Crippen LogP) is 0.397. The fourth-order valence-corrected chi connectivity index (χ4v) is 1.59. The van der Waals surface area contributed by atoms with E-state index in [0.29, 0.717) is 19.8 Å². The van der Waals surface area contributed by atoms with E-state index in [1.807, 2.05) is 6.92 Å². The summed E-state index contributed by atoms with van der Waals surface area (Å²) >= 11 is 0. The fourth-order valence-electron chi connectivity index (χ4n) is 1.59. The highest BCUT2D eigenvalue weighted by molar-refractivity contribution is 4.72. The average molecular weight is 263 g/mol. The number of nitrogens with one attached hydrogen (secondary N) is 1. The van der Waals surface area contributed by atoms with Crippen molar-refractivity contribution in [3.05, 3.63) is 0 Å². The van der Waals surface area contributed by atoms with Gasteiger partial charge in [0.25, 0.3) is 0 Å². The maximum atomic E-state index is 9.72. The highest BCUT2D eigenvalue weighted by atomic mass is 16.5. The van der Waals surface area contributed by atoms with E-state index in [-0.39, 0.29) is 18.1 Å². The van der Waals surface area contributed by atoms with Gasteiger partial charge in [0.05, 0.1) is 25.4 Å². The second kappa shape index (κ2) is 9.69. The van der Waals surface area contributed by atoms with Gasteiger partial charge in [0.1, 0.15) is 0 Å². The minimum atomic E-state index is -0.519. The van der Waals surface area contributed by atoms with Crippen LogP contribution in [0, 0.1) is 5.41 Å². The van der Waals surface area contributed by atoms with Gasteiger partial charge in [-0.15, -0.1) is 0 Å². The fraction of sp³-hybridized carbons (Fsp3) is 1.00. The van der Waals surface area contributed by atoms with Crippen molar-refractivity contribution in [1.82, 2.24) is 5.32 Å². The van der Waals surface area contributed by atoms with Crippen LogP contribution in [0.15, 0.2) is 0 Å². The Morgan fingerprint density at radius 3 is 2.50 bits per heavy atom. The molecule has 0 saturated carbocycles. The number of rotatable bonds is 11. The highest BCUT2D eigenvalue weighted by Crippen LogP contribution is 2.17. The van der Waals surface area contributed by atoms with Crippen molar-refractivity contribution in [3.63, 3.8) is 0 Å². The number of methoxy groups -OCH3 is 1. The molecule has 3 N–H and O–H groups in total. The minimum absolute atomic E-state index is 0.00419. The first-order valence-electron chi connectivity index (χ1n) is 6.51. The Balaban J connectivity index is 3.61. The zero-order chi connectivity index (χ0) is 14.0. The summed E-state index contributed by atoms with van der Waals surface area (Å²) < 4.78 is 10.4. The molecule has 18 heavy (non-hydrogen) atoms. The van der Waals surface area contributed by atoms with Crippen molar-refractivity contribution in [1.29, 1.82) is 0 Å². The van der Waals surface area contributed by atoms with Gasteiger partial charge in [-0.3, -0.25) is 0 Å². The topological polar surface area (TPSA) is 71.0 Å². The largest absolute Gasteiger partial charge is 0.396 e. The zero-order valence-electron chi connectivity index (χ0n) is 12.1. The Labute approximate surface area is 110 Å². The molecule has 0 heterocycles. The quantitative estimate of drug-likeness (QED) is 0.503. The number of aliphatic hydroxyl groups excluding tert-OH is 2. The molecule has 0 aromatic rings. The summed E-state index contributed by atoms with van der Waals surface area (Å²) in [5.74, 6) is 0. The van der Waals surface area contributed by atoms with Gasteiger partial charge in [-0.1, -0.05) is 13.8 Å². The van der Waals surface area contributed by atoms with Crippen LogP contribution >= 0.6 is 0 Å². The molecule has 0 saturated heterocycles. The second-order valence-corrected chi connectivity index (χ2v) is 5.52. The lowest BCUT2D eigenvalue weighted by atomic mass is 9.90. The van der Waals surface area contributed by atoms with Crippen molar-refractivity contribution in [3.8, 4) is 0 Å². The SMILES string of the molecule is COCC(C)OCC(O)CNCC(C)(C)CCO. The van der Waals surface area contributed by atoms with Crippen molar-refractivity contribution in [2.45, 2.75) is 39.4 Å². The first-order valence-corrected chi connectivity index (χ1v) is 6.51. The van der Waals surface area contributed by atoms with Crippen molar-refractivity contribution in [2.75, 3.05) is 40.0 Å². The summed E-state index contributed by atoms with van der Waals surface area (Å²) in [6, 6.07) is 0. The lowest BCUT2D eigenvalue weighted by molar-refractivity contribution is -0.0314. The Morgan fingerprint density at radius 1 is 1.28 bits per heavy atom.